The molecule has 3 N–H and O–H groups in total. The molecule has 0 radical (unpaired) electrons. The van der Waals surface area contributed by atoms with Crippen molar-refractivity contribution < 1.29 is 4.79 Å². The minimum absolute atomic E-state index is 0.126. The Hall–Kier alpha value is -0.570. The maximum Gasteiger partial charge on any atom is 0.226 e. The molecule has 0 saturated carbocycles. The fourth-order valence-electron chi connectivity index (χ4n) is 3.11. The predicted octanol–water partition coefficient (Wildman–Crippen LogP) is 3.86. The third-order valence-corrected chi connectivity index (χ3v) is 3.63. The summed E-state index contributed by atoms with van der Waals surface area (Å²) in [6.45, 7) is 18.8. The maximum absolute atomic E-state index is 12.7. The standard InChI is InChI=1S/C17H36N2O/c1-10-17(9,12-16(7,8)18)19-13(20)15(5,6)11-14(2,3)4/h10-12,18H2,1-9H3,(H,19,20). The van der Waals surface area contributed by atoms with Gasteiger partial charge in [-0.1, -0.05) is 41.5 Å². The first-order valence-corrected chi connectivity index (χ1v) is 7.72. The van der Waals surface area contributed by atoms with Crippen molar-refractivity contribution in [1.82, 2.24) is 5.32 Å². The predicted molar refractivity (Wildman–Crippen MR) is 87.6 cm³/mol. The van der Waals surface area contributed by atoms with Gasteiger partial charge in [-0.3, -0.25) is 4.79 Å². The lowest BCUT2D eigenvalue weighted by Gasteiger charge is -2.39. The Labute approximate surface area is 126 Å². The summed E-state index contributed by atoms with van der Waals surface area (Å²) in [5.41, 5.74) is 5.37. The van der Waals surface area contributed by atoms with E-state index in [-0.39, 0.29) is 27.8 Å². The number of hydrogen-bond donors (Lipinski definition) is 2. The van der Waals surface area contributed by atoms with E-state index in [0.717, 1.165) is 19.3 Å². The number of amides is 1. The monoisotopic (exact) mass is 284 g/mol. The van der Waals surface area contributed by atoms with E-state index in [1.165, 1.54) is 0 Å². The molecule has 20 heavy (non-hydrogen) atoms. The van der Waals surface area contributed by atoms with Gasteiger partial charge in [0, 0.05) is 16.5 Å². The van der Waals surface area contributed by atoms with Crippen LogP contribution in [0.25, 0.3) is 0 Å². The Morgan fingerprint density at radius 2 is 1.40 bits per heavy atom. The molecular formula is C17H36N2O. The molecule has 3 nitrogen and oxygen atoms in total. The Morgan fingerprint density at radius 1 is 0.950 bits per heavy atom. The van der Waals surface area contributed by atoms with Crippen molar-refractivity contribution in [3.05, 3.63) is 0 Å². The number of carbonyl (C=O) groups excluding carboxylic acids is 1. The fraction of sp³-hybridized carbons (Fsp3) is 0.941. The van der Waals surface area contributed by atoms with Crippen LogP contribution >= 0.6 is 0 Å². The molecule has 0 heterocycles. The smallest absolute Gasteiger partial charge is 0.226 e. The summed E-state index contributed by atoms with van der Waals surface area (Å²) < 4.78 is 0. The Morgan fingerprint density at radius 3 is 1.70 bits per heavy atom. The fourth-order valence-corrected chi connectivity index (χ4v) is 3.11. The molecule has 0 spiro atoms. The summed E-state index contributed by atoms with van der Waals surface area (Å²) in [5, 5.41) is 3.24. The molecule has 0 bridgehead atoms. The highest BCUT2D eigenvalue weighted by Gasteiger charge is 2.37. The van der Waals surface area contributed by atoms with E-state index in [0.29, 0.717) is 0 Å². The van der Waals surface area contributed by atoms with Crippen LogP contribution in [0.4, 0.5) is 0 Å². The molecule has 1 unspecified atom stereocenters. The molecule has 1 atom stereocenters. The normalized spacial score (nSPS) is 16.7. The van der Waals surface area contributed by atoms with Crippen LogP contribution in [0.3, 0.4) is 0 Å². The summed E-state index contributed by atoms with van der Waals surface area (Å²) in [6.07, 6.45) is 2.51. The second-order valence-electron chi connectivity index (χ2n) is 9.16. The highest BCUT2D eigenvalue weighted by Crippen LogP contribution is 2.34. The summed E-state index contributed by atoms with van der Waals surface area (Å²) >= 11 is 0. The van der Waals surface area contributed by atoms with Gasteiger partial charge < -0.3 is 11.1 Å². The molecular weight excluding hydrogens is 248 g/mol. The van der Waals surface area contributed by atoms with Crippen LogP contribution in [-0.2, 0) is 4.79 Å². The van der Waals surface area contributed by atoms with E-state index >= 15 is 0 Å². The summed E-state index contributed by atoms with van der Waals surface area (Å²) in [5.74, 6) is 0.126. The van der Waals surface area contributed by atoms with Crippen molar-refractivity contribution in [2.45, 2.75) is 92.7 Å². The SMILES string of the molecule is CCC(C)(CC(C)(C)N)NC(=O)C(C)(C)CC(C)(C)C. The van der Waals surface area contributed by atoms with E-state index in [1.54, 1.807) is 0 Å². The van der Waals surface area contributed by atoms with E-state index in [4.69, 9.17) is 5.73 Å². The van der Waals surface area contributed by atoms with Gasteiger partial charge in [0.05, 0.1) is 0 Å². The molecule has 0 rings (SSSR count). The molecule has 3 heteroatoms. The third-order valence-electron chi connectivity index (χ3n) is 3.63. The Kier molecular flexibility index (Phi) is 5.87. The molecule has 0 aromatic heterocycles. The zero-order valence-corrected chi connectivity index (χ0v) is 15.1. The zero-order valence-electron chi connectivity index (χ0n) is 15.1. The molecule has 0 aromatic carbocycles. The summed E-state index contributed by atoms with van der Waals surface area (Å²) in [6, 6.07) is 0. The van der Waals surface area contributed by atoms with Gasteiger partial charge in [0.2, 0.25) is 5.91 Å². The second kappa shape index (κ2) is 6.05. The van der Waals surface area contributed by atoms with Crippen molar-refractivity contribution in [3.8, 4) is 0 Å². The number of nitrogens with one attached hydrogen (secondary N) is 1. The first kappa shape index (κ1) is 19.4. The molecule has 0 saturated heterocycles. The van der Waals surface area contributed by atoms with Gasteiger partial charge in [0.25, 0.3) is 0 Å². The highest BCUT2D eigenvalue weighted by molar-refractivity contribution is 5.82. The van der Waals surface area contributed by atoms with Crippen LogP contribution in [0.2, 0.25) is 0 Å². The van der Waals surface area contributed by atoms with Crippen molar-refractivity contribution in [2.24, 2.45) is 16.6 Å². The van der Waals surface area contributed by atoms with Gasteiger partial charge in [-0.25, -0.2) is 0 Å². The lowest BCUT2D eigenvalue weighted by atomic mass is 9.74. The van der Waals surface area contributed by atoms with Gasteiger partial charge in [-0.2, -0.15) is 0 Å². The average molecular weight is 284 g/mol. The quantitative estimate of drug-likeness (QED) is 0.778. The van der Waals surface area contributed by atoms with Crippen LogP contribution in [-0.4, -0.2) is 17.0 Å². The Balaban J connectivity index is 4.95. The number of nitrogens with two attached hydrogens (primary N) is 1. The van der Waals surface area contributed by atoms with Gasteiger partial charge in [-0.15, -0.1) is 0 Å². The van der Waals surface area contributed by atoms with Gasteiger partial charge in [-0.05, 0) is 45.4 Å². The van der Waals surface area contributed by atoms with Gasteiger partial charge >= 0.3 is 0 Å². The van der Waals surface area contributed by atoms with Crippen LogP contribution < -0.4 is 11.1 Å². The minimum atomic E-state index is -0.368. The lowest BCUT2D eigenvalue weighted by molar-refractivity contribution is -0.133. The number of carbonyl (C=O) groups is 1. The van der Waals surface area contributed by atoms with E-state index in [1.807, 2.05) is 27.7 Å². The lowest BCUT2D eigenvalue weighted by Crippen LogP contribution is -2.55. The molecule has 0 aromatic rings. The third kappa shape index (κ3) is 7.28. The average Bonchev–Trinajstić information content (AvgIpc) is 2.10. The molecule has 0 aliphatic heterocycles. The molecule has 0 aliphatic carbocycles. The zero-order chi connectivity index (χ0) is 16.4. The molecule has 0 fully saturated rings. The second-order valence-corrected chi connectivity index (χ2v) is 9.16. The van der Waals surface area contributed by atoms with Crippen molar-refractivity contribution in [2.75, 3.05) is 0 Å². The van der Waals surface area contributed by atoms with E-state index < -0.39 is 0 Å². The van der Waals surface area contributed by atoms with Crippen LogP contribution in [0, 0.1) is 10.8 Å². The van der Waals surface area contributed by atoms with E-state index in [2.05, 4.69) is 39.9 Å². The summed E-state index contributed by atoms with van der Waals surface area (Å²) in [4.78, 5) is 12.7. The largest absolute Gasteiger partial charge is 0.350 e. The molecule has 0 aliphatic rings. The summed E-state index contributed by atoms with van der Waals surface area (Å²) in [7, 11) is 0. The first-order valence-electron chi connectivity index (χ1n) is 7.72. The Bertz CT molecular complexity index is 334. The van der Waals surface area contributed by atoms with Crippen molar-refractivity contribution >= 4 is 5.91 Å². The number of hydrogen-bond acceptors (Lipinski definition) is 2. The first-order chi connectivity index (χ1) is 8.60. The molecule has 1 amide bonds. The van der Waals surface area contributed by atoms with Crippen LogP contribution in [0.5, 0.6) is 0 Å². The molecule has 120 valence electrons. The topological polar surface area (TPSA) is 55.1 Å². The highest BCUT2D eigenvalue weighted by atomic mass is 16.2. The van der Waals surface area contributed by atoms with Crippen LogP contribution in [0.1, 0.15) is 81.6 Å². The van der Waals surface area contributed by atoms with Gasteiger partial charge in [0.15, 0.2) is 0 Å². The van der Waals surface area contributed by atoms with Crippen molar-refractivity contribution in [3.63, 3.8) is 0 Å². The maximum atomic E-state index is 12.7. The van der Waals surface area contributed by atoms with Gasteiger partial charge in [0.1, 0.15) is 0 Å². The van der Waals surface area contributed by atoms with Crippen molar-refractivity contribution in [1.29, 1.82) is 0 Å². The number of rotatable bonds is 6. The van der Waals surface area contributed by atoms with E-state index in [9.17, 15) is 4.79 Å². The van der Waals surface area contributed by atoms with Crippen LogP contribution in [0.15, 0.2) is 0 Å². The minimum Gasteiger partial charge on any atom is -0.350 e.